The van der Waals surface area contributed by atoms with Gasteiger partial charge in [-0.05, 0) is 32.0 Å². The van der Waals surface area contributed by atoms with Gasteiger partial charge in [0.05, 0.1) is 22.5 Å². The summed E-state index contributed by atoms with van der Waals surface area (Å²) in [7, 11) is 3.65. The lowest BCUT2D eigenvalue weighted by molar-refractivity contribution is 0.101. The number of pyridine rings is 2. The number of ketones is 1. The van der Waals surface area contributed by atoms with Crippen molar-refractivity contribution >= 4 is 22.4 Å². The van der Waals surface area contributed by atoms with Crippen LogP contribution in [0.4, 0.5) is 14.5 Å². The Kier molecular flexibility index (Phi) is 4.20. The predicted octanol–water partition coefficient (Wildman–Crippen LogP) is 4.15. The summed E-state index contributed by atoms with van der Waals surface area (Å²) in [6, 6.07) is 4.24. The van der Waals surface area contributed by atoms with Crippen LogP contribution in [0.1, 0.15) is 22.8 Å². The van der Waals surface area contributed by atoms with Crippen molar-refractivity contribution in [2.75, 3.05) is 19.0 Å². The maximum absolute atomic E-state index is 14.0. The summed E-state index contributed by atoms with van der Waals surface area (Å²) in [5.74, 6) is -1.38. The Labute approximate surface area is 144 Å². The second kappa shape index (κ2) is 6.20. The number of anilines is 1. The van der Waals surface area contributed by atoms with E-state index >= 15 is 0 Å². The number of carbonyl (C=O) groups is 1. The van der Waals surface area contributed by atoms with E-state index in [0.717, 1.165) is 0 Å². The molecule has 0 fully saturated rings. The average Bonchev–Trinajstić information content (AvgIpc) is 2.57. The Hall–Kier alpha value is -2.89. The van der Waals surface area contributed by atoms with Crippen molar-refractivity contribution in [1.29, 1.82) is 0 Å². The summed E-state index contributed by atoms with van der Waals surface area (Å²) in [5.41, 5.74) is 2.31. The zero-order valence-corrected chi connectivity index (χ0v) is 14.4. The first kappa shape index (κ1) is 17.0. The van der Waals surface area contributed by atoms with Crippen molar-refractivity contribution in [3.63, 3.8) is 0 Å². The van der Waals surface area contributed by atoms with Gasteiger partial charge in [-0.3, -0.25) is 14.8 Å². The molecule has 0 N–H and O–H groups in total. The largest absolute Gasteiger partial charge is 0.376 e. The molecule has 0 amide bonds. The molecule has 128 valence electrons. The molecule has 0 saturated heterocycles. The van der Waals surface area contributed by atoms with Gasteiger partial charge in [0.1, 0.15) is 11.6 Å². The third-order valence-corrected chi connectivity index (χ3v) is 4.14. The molecule has 2 aromatic heterocycles. The monoisotopic (exact) mass is 341 g/mol. The van der Waals surface area contributed by atoms with Crippen LogP contribution in [0.15, 0.2) is 30.6 Å². The number of halogens is 2. The van der Waals surface area contributed by atoms with E-state index < -0.39 is 11.6 Å². The van der Waals surface area contributed by atoms with Crippen LogP contribution in [0.5, 0.6) is 0 Å². The Balaban J connectivity index is 2.36. The van der Waals surface area contributed by atoms with Crippen LogP contribution in [0.2, 0.25) is 0 Å². The molecule has 6 heteroatoms. The fourth-order valence-electron chi connectivity index (χ4n) is 2.84. The molecular weight excluding hydrogens is 324 g/mol. The van der Waals surface area contributed by atoms with Gasteiger partial charge in [0.15, 0.2) is 5.78 Å². The number of hydrogen-bond acceptors (Lipinski definition) is 4. The molecule has 0 atom stereocenters. The van der Waals surface area contributed by atoms with Gasteiger partial charge in [-0.2, -0.15) is 0 Å². The molecule has 0 unspecified atom stereocenters. The van der Waals surface area contributed by atoms with Crippen LogP contribution >= 0.6 is 0 Å². The zero-order valence-electron chi connectivity index (χ0n) is 14.4. The van der Waals surface area contributed by atoms with Gasteiger partial charge in [0.2, 0.25) is 0 Å². The molecule has 0 aliphatic rings. The third-order valence-electron chi connectivity index (χ3n) is 4.14. The number of hydrogen-bond donors (Lipinski definition) is 0. The Morgan fingerprint density at radius 2 is 1.76 bits per heavy atom. The molecule has 0 radical (unpaired) electrons. The molecule has 1 aromatic carbocycles. The normalized spacial score (nSPS) is 11.0. The van der Waals surface area contributed by atoms with E-state index in [0.29, 0.717) is 33.4 Å². The minimum atomic E-state index is -0.637. The van der Waals surface area contributed by atoms with Crippen molar-refractivity contribution in [2.24, 2.45) is 0 Å². The second-order valence-corrected chi connectivity index (χ2v) is 6.09. The van der Waals surface area contributed by atoms with Crippen LogP contribution < -0.4 is 4.90 Å². The fourth-order valence-corrected chi connectivity index (χ4v) is 2.84. The first-order chi connectivity index (χ1) is 11.8. The highest BCUT2D eigenvalue weighted by Gasteiger charge is 2.18. The minimum Gasteiger partial charge on any atom is -0.376 e. The number of rotatable bonds is 3. The topological polar surface area (TPSA) is 46.1 Å². The van der Waals surface area contributed by atoms with Crippen molar-refractivity contribution in [2.45, 2.75) is 13.8 Å². The lowest BCUT2D eigenvalue weighted by Crippen LogP contribution is -2.14. The lowest BCUT2D eigenvalue weighted by atomic mass is 10.0. The van der Waals surface area contributed by atoms with E-state index in [-0.39, 0.29) is 11.3 Å². The smallest absolute Gasteiger partial charge is 0.163 e. The summed E-state index contributed by atoms with van der Waals surface area (Å²) < 4.78 is 27.9. The third kappa shape index (κ3) is 2.84. The summed E-state index contributed by atoms with van der Waals surface area (Å²) in [4.78, 5) is 22.3. The second-order valence-electron chi connectivity index (χ2n) is 6.09. The molecule has 3 rings (SSSR count). The standard InChI is InChI=1S/C19H17F2N3O/c1-10-15(20)7-12(8-16(10)21)17-18-13(5-6-22-17)19(24(3)4)14(9-23-18)11(2)25/h5-9H,1-4H3. The summed E-state index contributed by atoms with van der Waals surface area (Å²) >= 11 is 0. The number of aromatic nitrogens is 2. The Bertz CT molecular complexity index is 976. The molecule has 0 aliphatic heterocycles. The van der Waals surface area contributed by atoms with Gasteiger partial charge in [0, 0.05) is 43.0 Å². The van der Waals surface area contributed by atoms with Gasteiger partial charge >= 0.3 is 0 Å². The van der Waals surface area contributed by atoms with Gasteiger partial charge in [-0.25, -0.2) is 8.78 Å². The zero-order chi connectivity index (χ0) is 18.3. The van der Waals surface area contributed by atoms with E-state index in [1.54, 1.807) is 12.3 Å². The quantitative estimate of drug-likeness (QED) is 0.671. The summed E-state index contributed by atoms with van der Waals surface area (Å²) in [5, 5.41) is 0.698. The number of benzene rings is 1. The molecule has 25 heavy (non-hydrogen) atoms. The van der Waals surface area contributed by atoms with E-state index in [1.165, 1.54) is 32.2 Å². The first-order valence-electron chi connectivity index (χ1n) is 7.73. The average molecular weight is 341 g/mol. The molecule has 2 heterocycles. The summed E-state index contributed by atoms with van der Waals surface area (Å²) in [6.45, 7) is 2.86. The highest BCUT2D eigenvalue weighted by Crippen LogP contribution is 2.34. The molecule has 0 spiro atoms. The molecule has 3 aromatic rings. The summed E-state index contributed by atoms with van der Waals surface area (Å²) in [6.07, 6.45) is 3.03. The van der Waals surface area contributed by atoms with Gasteiger partial charge < -0.3 is 4.90 Å². The van der Waals surface area contributed by atoms with Gasteiger partial charge in [-0.15, -0.1) is 0 Å². The molecule has 4 nitrogen and oxygen atoms in total. The molecule has 0 saturated carbocycles. The lowest BCUT2D eigenvalue weighted by Gasteiger charge is -2.19. The van der Waals surface area contributed by atoms with Crippen LogP contribution in [0.3, 0.4) is 0 Å². The predicted molar refractivity (Wildman–Crippen MR) is 94.0 cm³/mol. The van der Waals surface area contributed by atoms with E-state index in [2.05, 4.69) is 9.97 Å². The Morgan fingerprint density at radius 1 is 1.12 bits per heavy atom. The Morgan fingerprint density at radius 3 is 2.32 bits per heavy atom. The van der Waals surface area contributed by atoms with Crippen molar-refractivity contribution < 1.29 is 13.6 Å². The van der Waals surface area contributed by atoms with Crippen molar-refractivity contribution in [1.82, 2.24) is 9.97 Å². The number of nitrogens with zero attached hydrogens (tertiary/aromatic N) is 3. The molecule has 0 bridgehead atoms. The SMILES string of the molecule is CC(=O)c1cnc2c(-c3cc(F)c(C)c(F)c3)nccc2c1N(C)C. The molecular formula is C19H17F2N3O. The number of Topliss-reactive ketones (excluding diaryl/α,β-unsaturated/α-hetero) is 1. The van der Waals surface area contributed by atoms with E-state index in [9.17, 15) is 13.6 Å². The van der Waals surface area contributed by atoms with Crippen LogP contribution in [0.25, 0.3) is 22.2 Å². The van der Waals surface area contributed by atoms with Crippen LogP contribution in [-0.4, -0.2) is 29.8 Å². The van der Waals surface area contributed by atoms with Gasteiger partial charge in [0.25, 0.3) is 0 Å². The highest BCUT2D eigenvalue weighted by molar-refractivity contribution is 6.09. The minimum absolute atomic E-state index is 0.0372. The van der Waals surface area contributed by atoms with E-state index in [4.69, 9.17) is 0 Å². The van der Waals surface area contributed by atoms with Gasteiger partial charge in [-0.1, -0.05) is 0 Å². The van der Waals surface area contributed by atoms with E-state index in [1.807, 2.05) is 19.0 Å². The van der Waals surface area contributed by atoms with Crippen LogP contribution in [-0.2, 0) is 0 Å². The molecule has 0 aliphatic carbocycles. The number of carbonyl (C=O) groups excluding carboxylic acids is 1. The fraction of sp³-hybridized carbons (Fsp3) is 0.211. The first-order valence-corrected chi connectivity index (χ1v) is 7.73. The van der Waals surface area contributed by atoms with Crippen molar-refractivity contribution in [3.8, 4) is 11.3 Å². The maximum Gasteiger partial charge on any atom is 0.163 e. The highest BCUT2D eigenvalue weighted by atomic mass is 19.1. The number of fused-ring (bicyclic) bond motifs is 1. The van der Waals surface area contributed by atoms with Crippen LogP contribution in [0, 0.1) is 18.6 Å². The van der Waals surface area contributed by atoms with Crippen molar-refractivity contribution in [3.05, 3.63) is 53.4 Å². The maximum atomic E-state index is 14.0.